The van der Waals surface area contributed by atoms with Crippen molar-refractivity contribution in [2.24, 2.45) is 7.05 Å². The molecule has 1 heterocycles. The fourth-order valence-corrected chi connectivity index (χ4v) is 2.03. The van der Waals surface area contributed by atoms with Crippen molar-refractivity contribution in [1.29, 1.82) is 0 Å². The van der Waals surface area contributed by atoms with Gasteiger partial charge in [0.25, 0.3) is 0 Å². The molecule has 5 heteroatoms. The zero-order valence-electron chi connectivity index (χ0n) is 10.1. The lowest BCUT2D eigenvalue weighted by Crippen LogP contribution is -2.29. The lowest BCUT2D eigenvalue weighted by atomic mass is 10.3. The molecule has 0 aliphatic rings. The van der Waals surface area contributed by atoms with Gasteiger partial charge in [0.1, 0.15) is 5.82 Å². The van der Waals surface area contributed by atoms with Crippen LogP contribution in [0.5, 0.6) is 0 Å². The molecule has 1 unspecified atom stereocenters. The maximum Gasteiger partial charge on any atom is 0.191 e. The first-order valence-corrected chi connectivity index (χ1v) is 6.14. The molecule has 1 rings (SSSR count). The Morgan fingerprint density at radius 2 is 2.00 bits per heavy atom. The second-order valence-electron chi connectivity index (χ2n) is 4.08. The molecule has 0 radical (unpaired) electrons. The Balaban J connectivity index is 2.44. The number of thioether (sulfide) groups is 1. The van der Waals surface area contributed by atoms with E-state index in [2.05, 4.69) is 36.3 Å². The number of aromatic nitrogens is 3. The molecule has 86 valence electrons. The highest BCUT2D eigenvalue weighted by Crippen LogP contribution is 2.20. The minimum atomic E-state index is 0.509. The average molecular weight is 228 g/mol. The highest BCUT2D eigenvalue weighted by molar-refractivity contribution is 7.99. The van der Waals surface area contributed by atoms with Crippen LogP contribution in [0.2, 0.25) is 0 Å². The first kappa shape index (κ1) is 12.5. The van der Waals surface area contributed by atoms with Gasteiger partial charge in [-0.25, -0.2) is 0 Å². The van der Waals surface area contributed by atoms with Crippen LogP contribution in [0.25, 0.3) is 0 Å². The van der Waals surface area contributed by atoms with Gasteiger partial charge in [-0.2, -0.15) is 0 Å². The predicted octanol–water partition coefficient (Wildman–Crippen LogP) is 1.60. The van der Waals surface area contributed by atoms with Gasteiger partial charge in [-0.05, 0) is 6.92 Å². The van der Waals surface area contributed by atoms with Gasteiger partial charge in [-0.1, -0.05) is 32.5 Å². The average Bonchev–Trinajstić information content (AvgIpc) is 2.47. The van der Waals surface area contributed by atoms with Crippen LogP contribution in [0.15, 0.2) is 5.16 Å². The fourth-order valence-electron chi connectivity index (χ4n) is 1.11. The summed E-state index contributed by atoms with van der Waals surface area (Å²) in [6.07, 6.45) is 0. The maximum atomic E-state index is 4.13. The van der Waals surface area contributed by atoms with E-state index in [0.29, 0.717) is 11.3 Å². The van der Waals surface area contributed by atoms with Crippen LogP contribution >= 0.6 is 11.8 Å². The van der Waals surface area contributed by atoms with Crippen molar-refractivity contribution in [2.75, 3.05) is 6.54 Å². The van der Waals surface area contributed by atoms with Crippen LogP contribution in [0.3, 0.4) is 0 Å². The lowest BCUT2D eigenvalue weighted by Gasteiger charge is -2.13. The van der Waals surface area contributed by atoms with E-state index in [9.17, 15) is 0 Å². The summed E-state index contributed by atoms with van der Waals surface area (Å²) in [5.41, 5.74) is 0. The van der Waals surface area contributed by atoms with Crippen molar-refractivity contribution in [1.82, 2.24) is 20.1 Å². The summed E-state index contributed by atoms with van der Waals surface area (Å²) in [4.78, 5) is 0. The first-order chi connectivity index (χ1) is 7.00. The van der Waals surface area contributed by atoms with E-state index < -0.39 is 0 Å². The molecule has 1 atom stereocenters. The summed E-state index contributed by atoms with van der Waals surface area (Å²) in [7, 11) is 2.00. The molecule has 1 aromatic rings. The third kappa shape index (κ3) is 3.83. The summed E-state index contributed by atoms with van der Waals surface area (Å²) in [5.74, 6) is 0.960. The molecular formula is C10H20N4S. The van der Waals surface area contributed by atoms with Gasteiger partial charge in [0.2, 0.25) is 0 Å². The van der Waals surface area contributed by atoms with Crippen molar-refractivity contribution < 1.29 is 0 Å². The minimum absolute atomic E-state index is 0.509. The molecule has 4 nitrogen and oxygen atoms in total. The Hall–Kier alpha value is -0.550. The Morgan fingerprint density at radius 1 is 1.33 bits per heavy atom. The van der Waals surface area contributed by atoms with Gasteiger partial charge >= 0.3 is 0 Å². The van der Waals surface area contributed by atoms with E-state index in [-0.39, 0.29) is 0 Å². The molecule has 0 bridgehead atoms. The number of rotatable bonds is 5. The van der Waals surface area contributed by atoms with Crippen molar-refractivity contribution in [2.45, 2.75) is 44.1 Å². The summed E-state index contributed by atoms with van der Waals surface area (Å²) < 4.78 is 2.02. The summed E-state index contributed by atoms with van der Waals surface area (Å²) >= 11 is 1.76. The fraction of sp³-hybridized carbons (Fsp3) is 0.800. The van der Waals surface area contributed by atoms with Gasteiger partial charge in [-0.15, -0.1) is 10.2 Å². The lowest BCUT2D eigenvalue weighted by molar-refractivity contribution is 0.588. The first-order valence-electron chi connectivity index (χ1n) is 5.26. The molecule has 0 spiro atoms. The second-order valence-corrected chi connectivity index (χ2v) is 5.49. The quantitative estimate of drug-likeness (QED) is 0.777. The predicted molar refractivity (Wildman–Crippen MR) is 64.2 cm³/mol. The molecule has 0 aromatic carbocycles. The van der Waals surface area contributed by atoms with E-state index in [1.165, 1.54) is 0 Å². The summed E-state index contributed by atoms with van der Waals surface area (Å²) in [6, 6.07) is 0.536. The molecule has 0 aliphatic heterocycles. The SMILES string of the molecule is Cc1nnc(SC(C)CNC(C)C)n1C. The van der Waals surface area contributed by atoms with E-state index in [1.807, 2.05) is 18.5 Å². The maximum absolute atomic E-state index is 4.13. The normalized spacial score (nSPS) is 13.5. The number of aryl methyl sites for hydroxylation is 1. The van der Waals surface area contributed by atoms with Crippen LogP contribution in [0.4, 0.5) is 0 Å². The van der Waals surface area contributed by atoms with Crippen molar-refractivity contribution in [3.63, 3.8) is 0 Å². The third-order valence-electron chi connectivity index (χ3n) is 2.17. The highest BCUT2D eigenvalue weighted by Gasteiger charge is 2.10. The van der Waals surface area contributed by atoms with Crippen LogP contribution in [-0.2, 0) is 7.05 Å². The Morgan fingerprint density at radius 3 is 2.47 bits per heavy atom. The number of hydrogen-bond acceptors (Lipinski definition) is 4. The van der Waals surface area contributed by atoms with Gasteiger partial charge < -0.3 is 9.88 Å². The topological polar surface area (TPSA) is 42.7 Å². The van der Waals surface area contributed by atoms with Crippen molar-refractivity contribution >= 4 is 11.8 Å². The van der Waals surface area contributed by atoms with E-state index in [1.54, 1.807) is 11.8 Å². The second kappa shape index (κ2) is 5.51. The van der Waals surface area contributed by atoms with Gasteiger partial charge in [-0.3, -0.25) is 0 Å². The van der Waals surface area contributed by atoms with E-state index in [4.69, 9.17) is 0 Å². The number of nitrogens with zero attached hydrogens (tertiary/aromatic N) is 3. The van der Waals surface area contributed by atoms with Gasteiger partial charge in [0.05, 0.1) is 0 Å². The zero-order valence-corrected chi connectivity index (χ0v) is 10.9. The van der Waals surface area contributed by atoms with Gasteiger partial charge in [0.15, 0.2) is 5.16 Å². The highest BCUT2D eigenvalue weighted by atomic mass is 32.2. The van der Waals surface area contributed by atoms with Crippen LogP contribution in [-0.4, -0.2) is 32.6 Å². The van der Waals surface area contributed by atoms with Gasteiger partial charge in [0, 0.05) is 24.9 Å². The van der Waals surface area contributed by atoms with Crippen LogP contribution < -0.4 is 5.32 Å². The smallest absolute Gasteiger partial charge is 0.191 e. The molecule has 0 saturated carbocycles. The molecule has 1 aromatic heterocycles. The Labute approximate surface area is 95.9 Å². The molecular weight excluding hydrogens is 208 g/mol. The summed E-state index contributed by atoms with van der Waals surface area (Å²) in [5, 5.41) is 13.1. The molecule has 0 amide bonds. The molecule has 0 fully saturated rings. The summed E-state index contributed by atoms with van der Waals surface area (Å²) in [6.45, 7) is 9.47. The number of hydrogen-bond donors (Lipinski definition) is 1. The van der Waals surface area contributed by atoms with Crippen molar-refractivity contribution in [3.8, 4) is 0 Å². The molecule has 15 heavy (non-hydrogen) atoms. The monoisotopic (exact) mass is 228 g/mol. The van der Waals surface area contributed by atoms with Crippen LogP contribution in [0.1, 0.15) is 26.6 Å². The third-order valence-corrected chi connectivity index (χ3v) is 3.31. The molecule has 1 N–H and O–H groups in total. The zero-order chi connectivity index (χ0) is 11.4. The molecule has 0 saturated heterocycles. The van der Waals surface area contributed by atoms with Crippen molar-refractivity contribution in [3.05, 3.63) is 5.82 Å². The van der Waals surface area contributed by atoms with E-state index in [0.717, 1.165) is 17.5 Å². The minimum Gasteiger partial charge on any atom is -0.313 e. The standard InChI is InChI=1S/C10H20N4S/c1-7(2)11-6-8(3)15-10-13-12-9(4)14(10)5/h7-8,11H,6H2,1-5H3. The number of nitrogens with one attached hydrogen (secondary N) is 1. The Kier molecular flexibility index (Phi) is 4.60. The Bertz CT molecular complexity index is 308. The molecule has 0 aliphatic carbocycles. The van der Waals surface area contributed by atoms with E-state index >= 15 is 0 Å². The largest absolute Gasteiger partial charge is 0.313 e. The van der Waals surface area contributed by atoms with Crippen LogP contribution in [0, 0.1) is 6.92 Å².